The van der Waals surface area contributed by atoms with Crippen molar-refractivity contribution in [1.82, 2.24) is 0 Å². The minimum absolute atomic E-state index is 0.115. The Bertz CT molecular complexity index is 620. The summed E-state index contributed by atoms with van der Waals surface area (Å²) in [6, 6.07) is 4.81. The van der Waals surface area contributed by atoms with E-state index in [0.717, 1.165) is 0 Å². The first-order valence-corrected chi connectivity index (χ1v) is 6.46. The van der Waals surface area contributed by atoms with E-state index in [4.69, 9.17) is 9.47 Å². The fraction of sp³-hybridized carbons (Fsp3) is 0.267. The van der Waals surface area contributed by atoms with Gasteiger partial charge in [0.05, 0.1) is 25.0 Å². The van der Waals surface area contributed by atoms with E-state index in [-0.39, 0.29) is 13.2 Å². The van der Waals surface area contributed by atoms with Crippen LogP contribution in [0, 0.1) is 0 Å². The highest BCUT2D eigenvalue weighted by Gasteiger charge is 2.35. The Kier molecular flexibility index (Phi) is 4.37. The number of amides is 1. The number of esters is 1. The molecule has 1 aromatic rings. The third-order valence-electron chi connectivity index (χ3n) is 3.01. The first kappa shape index (κ1) is 14.8. The molecule has 21 heavy (non-hydrogen) atoms. The number of hydrogen-bond acceptors (Lipinski definition) is 5. The lowest BCUT2D eigenvalue weighted by atomic mass is 10.1. The summed E-state index contributed by atoms with van der Waals surface area (Å²) < 4.78 is 9.84. The maximum absolute atomic E-state index is 11.9. The van der Waals surface area contributed by atoms with Crippen LogP contribution < -0.4 is 9.64 Å². The number of benzene rings is 1. The number of carbonyl (C=O) groups is 3. The lowest BCUT2D eigenvalue weighted by Crippen LogP contribution is -2.29. The molecular weight excluding hydrogens is 274 g/mol. The third kappa shape index (κ3) is 2.94. The van der Waals surface area contributed by atoms with E-state index in [0.29, 0.717) is 17.0 Å². The molecule has 0 radical (unpaired) electrons. The summed E-state index contributed by atoms with van der Waals surface area (Å²) in [4.78, 5) is 36.3. The lowest BCUT2D eigenvalue weighted by Gasteiger charge is -2.14. The van der Waals surface area contributed by atoms with Gasteiger partial charge >= 0.3 is 5.97 Å². The van der Waals surface area contributed by atoms with E-state index in [1.54, 1.807) is 25.1 Å². The topological polar surface area (TPSA) is 72.9 Å². The zero-order chi connectivity index (χ0) is 15.4. The van der Waals surface area contributed by atoms with Gasteiger partial charge < -0.3 is 14.4 Å². The van der Waals surface area contributed by atoms with E-state index >= 15 is 0 Å². The molecule has 110 valence electrons. The number of methoxy groups -OCH3 is 1. The van der Waals surface area contributed by atoms with Gasteiger partial charge in [0.2, 0.25) is 0 Å². The smallest absolute Gasteiger partial charge is 0.330 e. The molecule has 0 aliphatic carbocycles. The molecule has 0 bridgehead atoms. The van der Waals surface area contributed by atoms with Crippen molar-refractivity contribution in [3.05, 3.63) is 35.9 Å². The normalized spacial score (nSPS) is 13.7. The van der Waals surface area contributed by atoms with Gasteiger partial charge in [-0.3, -0.25) is 9.59 Å². The standard InChI is InChI=1S/C15H15NO5/c1-3-21-13(17)5-4-8-16-12-9-10(20-2)6-7-11(12)14(18)15(16)19/h4-7,9H,3,8H2,1-2H3/b5-4+. The van der Waals surface area contributed by atoms with Gasteiger partial charge in [0.15, 0.2) is 0 Å². The van der Waals surface area contributed by atoms with Crippen LogP contribution in [-0.2, 0) is 14.3 Å². The molecule has 1 aromatic carbocycles. The summed E-state index contributed by atoms with van der Waals surface area (Å²) in [7, 11) is 1.51. The maximum atomic E-state index is 11.9. The van der Waals surface area contributed by atoms with Gasteiger partial charge in [-0.2, -0.15) is 0 Å². The molecule has 6 heteroatoms. The lowest BCUT2D eigenvalue weighted by molar-refractivity contribution is -0.137. The van der Waals surface area contributed by atoms with E-state index < -0.39 is 17.7 Å². The molecule has 1 heterocycles. The number of fused-ring (bicyclic) bond motifs is 1. The Balaban J connectivity index is 2.20. The quantitative estimate of drug-likeness (QED) is 0.464. The van der Waals surface area contributed by atoms with Crippen molar-refractivity contribution in [2.75, 3.05) is 25.2 Å². The molecular formula is C15H15NO5. The average Bonchev–Trinajstić information content (AvgIpc) is 2.72. The fourth-order valence-corrected chi connectivity index (χ4v) is 2.03. The van der Waals surface area contributed by atoms with Crippen molar-refractivity contribution in [2.24, 2.45) is 0 Å². The number of nitrogens with zero attached hydrogens (tertiary/aromatic N) is 1. The second-order valence-electron chi connectivity index (χ2n) is 4.28. The van der Waals surface area contributed by atoms with Crippen molar-refractivity contribution < 1.29 is 23.9 Å². The monoisotopic (exact) mass is 289 g/mol. The predicted octanol–water partition coefficient (Wildman–Crippen LogP) is 1.34. The minimum atomic E-state index is -0.619. The zero-order valence-corrected chi connectivity index (χ0v) is 11.8. The van der Waals surface area contributed by atoms with Gasteiger partial charge in [0.1, 0.15) is 5.75 Å². The first-order chi connectivity index (χ1) is 10.1. The zero-order valence-electron chi connectivity index (χ0n) is 11.8. The molecule has 1 amide bonds. The summed E-state index contributed by atoms with van der Waals surface area (Å²) in [6.45, 7) is 2.10. The van der Waals surface area contributed by atoms with Crippen LogP contribution in [0.25, 0.3) is 0 Å². The van der Waals surface area contributed by atoms with Crippen LogP contribution >= 0.6 is 0 Å². The molecule has 2 rings (SSSR count). The van der Waals surface area contributed by atoms with E-state index in [2.05, 4.69) is 0 Å². The summed E-state index contributed by atoms with van der Waals surface area (Å²) in [5.74, 6) is -1.11. The number of hydrogen-bond donors (Lipinski definition) is 0. The number of ketones is 1. The highest BCUT2D eigenvalue weighted by Crippen LogP contribution is 2.32. The van der Waals surface area contributed by atoms with E-state index in [1.807, 2.05) is 0 Å². The molecule has 6 nitrogen and oxygen atoms in total. The highest BCUT2D eigenvalue weighted by molar-refractivity contribution is 6.52. The van der Waals surface area contributed by atoms with Crippen LogP contribution in [0.4, 0.5) is 5.69 Å². The highest BCUT2D eigenvalue weighted by atomic mass is 16.5. The maximum Gasteiger partial charge on any atom is 0.330 e. The fourth-order valence-electron chi connectivity index (χ4n) is 2.03. The van der Waals surface area contributed by atoms with Gasteiger partial charge in [0, 0.05) is 18.7 Å². The Morgan fingerprint density at radius 1 is 1.33 bits per heavy atom. The van der Waals surface area contributed by atoms with Crippen molar-refractivity contribution in [3.63, 3.8) is 0 Å². The minimum Gasteiger partial charge on any atom is -0.497 e. The molecule has 0 saturated carbocycles. The number of anilines is 1. The summed E-state index contributed by atoms with van der Waals surface area (Å²) in [5.41, 5.74) is 0.822. The van der Waals surface area contributed by atoms with Crippen LogP contribution in [0.5, 0.6) is 5.75 Å². The number of ether oxygens (including phenoxy) is 2. The largest absolute Gasteiger partial charge is 0.497 e. The van der Waals surface area contributed by atoms with Crippen molar-refractivity contribution in [3.8, 4) is 5.75 Å². The summed E-state index contributed by atoms with van der Waals surface area (Å²) in [5, 5.41) is 0. The molecule has 1 aliphatic rings. The van der Waals surface area contributed by atoms with Crippen molar-refractivity contribution in [2.45, 2.75) is 6.92 Å². The van der Waals surface area contributed by atoms with Crippen LogP contribution in [0.1, 0.15) is 17.3 Å². The average molecular weight is 289 g/mol. The predicted molar refractivity (Wildman–Crippen MR) is 75.5 cm³/mol. The molecule has 0 N–H and O–H groups in total. The Labute approximate surface area is 121 Å². The molecule has 0 aromatic heterocycles. The summed E-state index contributed by atoms with van der Waals surface area (Å²) in [6.07, 6.45) is 2.72. The third-order valence-corrected chi connectivity index (χ3v) is 3.01. The van der Waals surface area contributed by atoms with Gasteiger partial charge in [-0.1, -0.05) is 6.08 Å². The van der Waals surface area contributed by atoms with Crippen molar-refractivity contribution >= 4 is 23.3 Å². The van der Waals surface area contributed by atoms with Crippen LogP contribution in [0.3, 0.4) is 0 Å². The Morgan fingerprint density at radius 2 is 2.10 bits per heavy atom. The number of rotatable bonds is 5. The molecule has 0 atom stereocenters. The van der Waals surface area contributed by atoms with Gasteiger partial charge in [0.25, 0.3) is 11.7 Å². The molecule has 0 fully saturated rings. The Morgan fingerprint density at radius 3 is 2.76 bits per heavy atom. The first-order valence-electron chi connectivity index (χ1n) is 6.46. The summed E-state index contributed by atoms with van der Waals surface area (Å²) >= 11 is 0. The molecule has 0 saturated heterocycles. The Hall–Kier alpha value is -2.63. The second-order valence-corrected chi connectivity index (χ2v) is 4.28. The van der Waals surface area contributed by atoms with E-state index in [1.165, 1.54) is 24.2 Å². The van der Waals surface area contributed by atoms with Crippen LogP contribution in [0.2, 0.25) is 0 Å². The molecule has 1 aliphatic heterocycles. The molecule has 0 spiro atoms. The van der Waals surface area contributed by atoms with Gasteiger partial charge in [-0.05, 0) is 19.1 Å². The van der Waals surface area contributed by atoms with Gasteiger partial charge in [-0.15, -0.1) is 0 Å². The SMILES string of the molecule is CCOC(=O)/C=C/CN1C(=O)C(=O)c2ccc(OC)cc21. The van der Waals surface area contributed by atoms with Gasteiger partial charge in [-0.25, -0.2) is 4.79 Å². The number of Topliss-reactive ketones (excluding diaryl/α,β-unsaturated/α-hetero) is 1. The second kappa shape index (κ2) is 6.21. The van der Waals surface area contributed by atoms with Crippen molar-refractivity contribution in [1.29, 1.82) is 0 Å². The van der Waals surface area contributed by atoms with Crippen LogP contribution in [-0.4, -0.2) is 37.9 Å². The van der Waals surface area contributed by atoms with Crippen LogP contribution in [0.15, 0.2) is 30.4 Å². The number of carbonyl (C=O) groups excluding carboxylic acids is 3. The molecule has 0 unspecified atom stereocenters. The van der Waals surface area contributed by atoms with E-state index in [9.17, 15) is 14.4 Å².